The highest BCUT2D eigenvalue weighted by molar-refractivity contribution is 7.88. The van der Waals surface area contributed by atoms with Crippen LogP contribution >= 0.6 is 12.4 Å². The van der Waals surface area contributed by atoms with E-state index in [-0.39, 0.29) is 24.2 Å². The molecular formula is C16H26ClN3O3S. The van der Waals surface area contributed by atoms with E-state index in [2.05, 4.69) is 4.72 Å². The summed E-state index contributed by atoms with van der Waals surface area (Å²) >= 11 is 0. The summed E-state index contributed by atoms with van der Waals surface area (Å²) in [4.78, 5) is 14.6. The smallest absolute Gasteiger partial charge is 0.246 e. The van der Waals surface area contributed by atoms with E-state index in [9.17, 15) is 13.2 Å². The lowest BCUT2D eigenvalue weighted by Crippen LogP contribution is -2.54. The first-order valence-corrected chi connectivity index (χ1v) is 9.67. The summed E-state index contributed by atoms with van der Waals surface area (Å²) in [7, 11) is -3.21. The highest BCUT2D eigenvalue weighted by atomic mass is 35.5. The normalized spacial score (nSPS) is 20.8. The summed E-state index contributed by atoms with van der Waals surface area (Å²) in [6, 6.07) is 9.32. The molecule has 136 valence electrons. The van der Waals surface area contributed by atoms with E-state index < -0.39 is 15.6 Å². The number of amides is 1. The largest absolute Gasteiger partial charge is 0.340 e. The van der Waals surface area contributed by atoms with Crippen molar-refractivity contribution < 1.29 is 13.2 Å². The van der Waals surface area contributed by atoms with Crippen molar-refractivity contribution in [3.63, 3.8) is 0 Å². The molecule has 2 atom stereocenters. The van der Waals surface area contributed by atoms with Crippen LogP contribution in [0.2, 0.25) is 0 Å². The van der Waals surface area contributed by atoms with Crippen molar-refractivity contribution in [2.24, 2.45) is 11.7 Å². The van der Waals surface area contributed by atoms with Gasteiger partial charge in [-0.05, 0) is 31.2 Å². The molecule has 6 nitrogen and oxygen atoms in total. The van der Waals surface area contributed by atoms with E-state index in [4.69, 9.17) is 5.73 Å². The molecule has 2 rings (SSSR count). The molecule has 1 aromatic carbocycles. The van der Waals surface area contributed by atoms with Gasteiger partial charge in [0.25, 0.3) is 0 Å². The van der Waals surface area contributed by atoms with Crippen LogP contribution in [0.25, 0.3) is 0 Å². The molecule has 1 aliphatic heterocycles. The number of carbonyl (C=O) groups excluding carboxylic acids is 1. The zero-order chi connectivity index (χ0) is 17.1. The Balaban J connectivity index is 0.00000288. The topological polar surface area (TPSA) is 92.5 Å². The van der Waals surface area contributed by atoms with Gasteiger partial charge in [-0.3, -0.25) is 4.79 Å². The highest BCUT2D eigenvalue weighted by Gasteiger charge is 2.36. The van der Waals surface area contributed by atoms with Crippen molar-refractivity contribution in [3.8, 4) is 0 Å². The number of nitrogens with zero attached hydrogens (tertiary/aromatic N) is 1. The Labute approximate surface area is 150 Å². The van der Waals surface area contributed by atoms with Crippen LogP contribution in [0.5, 0.6) is 0 Å². The molecule has 24 heavy (non-hydrogen) atoms. The number of rotatable bonds is 5. The van der Waals surface area contributed by atoms with Crippen molar-refractivity contribution in [2.75, 3.05) is 25.9 Å². The fraction of sp³-hybridized carbons (Fsp3) is 0.562. The van der Waals surface area contributed by atoms with Crippen LogP contribution < -0.4 is 10.5 Å². The fourth-order valence-electron chi connectivity index (χ4n) is 2.92. The van der Waals surface area contributed by atoms with Gasteiger partial charge in [0.1, 0.15) is 5.54 Å². The summed E-state index contributed by atoms with van der Waals surface area (Å²) < 4.78 is 25.0. The van der Waals surface area contributed by atoms with Crippen LogP contribution in [0.3, 0.4) is 0 Å². The second kappa shape index (κ2) is 8.29. The molecule has 3 N–H and O–H groups in total. The van der Waals surface area contributed by atoms with Gasteiger partial charge in [0.05, 0.1) is 6.26 Å². The number of benzene rings is 1. The monoisotopic (exact) mass is 375 g/mol. The van der Waals surface area contributed by atoms with Crippen molar-refractivity contribution >= 4 is 28.3 Å². The Bertz CT molecular complexity index is 650. The van der Waals surface area contributed by atoms with Gasteiger partial charge in [-0.1, -0.05) is 30.3 Å². The third-order valence-corrected chi connectivity index (χ3v) is 4.95. The molecule has 1 aliphatic rings. The lowest BCUT2D eigenvalue weighted by molar-refractivity contribution is -0.138. The number of carbonyl (C=O) groups is 1. The average Bonchev–Trinajstić information content (AvgIpc) is 2.52. The highest BCUT2D eigenvalue weighted by Crippen LogP contribution is 2.24. The minimum atomic E-state index is -3.21. The van der Waals surface area contributed by atoms with Crippen molar-refractivity contribution in [2.45, 2.75) is 25.3 Å². The third-order valence-electron chi connectivity index (χ3n) is 4.26. The van der Waals surface area contributed by atoms with Crippen LogP contribution in [-0.4, -0.2) is 45.1 Å². The van der Waals surface area contributed by atoms with E-state index in [1.807, 2.05) is 30.3 Å². The van der Waals surface area contributed by atoms with Gasteiger partial charge >= 0.3 is 0 Å². The number of hydrogen-bond donors (Lipinski definition) is 2. The summed E-state index contributed by atoms with van der Waals surface area (Å²) in [6.07, 6.45) is 2.90. The maximum Gasteiger partial charge on any atom is 0.246 e. The SMILES string of the molecule is CC(N)(C(=O)N1CCCC(CNS(C)(=O)=O)C1)c1ccccc1.Cl. The summed E-state index contributed by atoms with van der Waals surface area (Å²) in [6.45, 7) is 3.27. The molecule has 1 amide bonds. The third kappa shape index (κ3) is 5.44. The Kier molecular flexibility index (Phi) is 7.22. The number of piperidine rings is 1. The molecule has 0 saturated carbocycles. The molecule has 0 aliphatic carbocycles. The Hall–Kier alpha value is -1.15. The van der Waals surface area contributed by atoms with Crippen LogP contribution in [0.4, 0.5) is 0 Å². The average molecular weight is 376 g/mol. The van der Waals surface area contributed by atoms with Crippen molar-refractivity contribution in [1.29, 1.82) is 0 Å². The van der Waals surface area contributed by atoms with Gasteiger partial charge in [0, 0.05) is 19.6 Å². The quantitative estimate of drug-likeness (QED) is 0.805. The van der Waals surface area contributed by atoms with Crippen LogP contribution in [0, 0.1) is 5.92 Å². The van der Waals surface area contributed by atoms with Crippen LogP contribution in [0.1, 0.15) is 25.3 Å². The lowest BCUT2D eigenvalue weighted by atomic mass is 9.89. The molecule has 0 aromatic heterocycles. The van der Waals surface area contributed by atoms with Gasteiger partial charge in [0.15, 0.2) is 0 Å². The van der Waals surface area contributed by atoms with Gasteiger partial charge < -0.3 is 10.6 Å². The number of halogens is 1. The van der Waals surface area contributed by atoms with Gasteiger partial charge in [-0.25, -0.2) is 13.1 Å². The first-order valence-electron chi connectivity index (χ1n) is 7.78. The molecule has 0 bridgehead atoms. The number of sulfonamides is 1. The predicted octanol–water partition coefficient (Wildman–Crippen LogP) is 1.07. The summed E-state index contributed by atoms with van der Waals surface area (Å²) in [5.74, 6) is 0.00162. The minimum Gasteiger partial charge on any atom is -0.340 e. The first-order chi connectivity index (χ1) is 10.7. The lowest BCUT2D eigenvalue weighted by Gasteiger charge is -2.37. The molecule has 1 saturated heterocycles. The van der Waals surface area contributed by atoms with Crippen LogP contribution in [0.15, 0.2) is 30.3 Å². The number of nitrogens with one attached hydrogen (secondary N) is 1. The second-order valence-corrected chi connectivity index (χ2v) is 8.28. The minimum absolute atomic E-state index is 0. The molecule has 2 unspecified atom stereocenters. The van der Waals surface area contributed by atoms with Crippen molar-refractivity contribution in [1.82, 2.24) is 9.62 Å². The number of hydrogen-bond acceptors (Lipinski definition) is 4. The molecule has 1 fully saturated rings. The molecule has 1 aromatic rings. The van der Waals surface area contributed by atoms with Crippen molar-refractivity contribution in [3.05, 3.63) is 35.9 Å². The van der Waals surface area contributed by atoms with E-state index in [0.29, 0.717) is 19.6 Å². The molecule has 8 heteroatoms. The molecular weight excluding hydrogens is 350 g/mol. The van der Waals surface area contributed by atoms with E-state index in [1.54, 1.807) is 11.8 Å². The van der Waals surface area contributed by atoms with E-state index >= 15 is 0 Å². The van der Waals surface area contributed by atoms with Gasteiger partial charge in [0.2, 0.25) is 15.9 Å². The molecule has 0 radical (unpaired) electrons. The standard InChI is InChI=1S/C16H25N3O3S.ClH/c1-16(17,14-8-4-3-5-9-14)15(20)19-10-6-7-13(12-19)11-18-23(2,21)22;/h3-5,8-9,13,18H,6-7,10-12,17H2,1-2H3;1H. The predicted molar refractivity (Wildman–Crippen MR) is 97.4 cm³/mol. The molecule has 1 heterocycles. The molecule has 0 spiro atoms. The maximum absolute atomic E-state index is 12.8. The van der Waals surface area contributed by atoms with E-state index in [1.165, 1.54) is 0 Å². The zero-order valence-electron chi connectivity index (χ0n) is 14.1. The van der Waals surface area contributed by atoms with Gasteiger partial charge in [-0.2, -0.15) is 0 Å². The second-order valence-electron chi connectivity index (χ2n) is 6.45. The summed E-state index contributed by atoms with van der Waals surface area (Å²) in [5, 5.41) is 0. The zero-order valence-corrected chi connectivity index (χ0v) is 15.7. The number of likely N-dealkylation sites (tertiary alicyclic amines) is 1. The first kappa shape index (κ1) is 20.9. The summed E-state index contributed by atoms with van der Waals surface area (Å²) in [5.41, 5.74) is 6.00. The number of nitrogens with two attached hydrogens (primary N) is 1. The van der Waals surface area contributed by atoms with Crippen LogP contribution in [-0.2, 0) is 20.4 Å². The Morgan fingerprint density at radius 3 is 2.58 bits per heavy atom. The van der Waals surface area contributed by atoms with E-state index in [0.717, 1.165) is 24.7 Å². The Morgan fingerprint density at radius 2 is 2.00 bits per heavy atom. The van der Waals surface area contributed by atoms with Gasteiger partial charge in [-0.15, -0.1) is 12.4 Å². The maximum atomic E-state index is 12.8. The Morgan fingerprint density at radius 1 is 1.38 bits per heavy atom. The fourth-order valence-corrected chi connectivity index (χ4v) is 3.46.